The van der Waals surface area contributed by atoms with Crippen LogP contribution < -0.4 is 5.73 Å². The van der Waals surface area contributed by atoms with E-state index in [0.29, 0.717) is 0 Å². The van der Waals surface area contributed by atoms with Crippen LogP contribution in [0.2, 0.25) is 0 Å². The van der Waals surface area contributed by atoms with Gasteiger partial charge in [-0.3, -0.25) is 0 Å². The molecule has 1 atom stereocenters. The lowest BCUT2D eigenvalue weighted by Gasteiger charge is -2.28. The molecule has 0 heterocycles. The molecule has 0 aromatic heterocycles. The summed E-state index contributed by atoms with van der Waals surface area (Å²) in [5.74, 6) is -0.403. The highest BCUT2D eigenvalue weighted by Gasteiger charge is 2.28. The Morgan fingerprint density at radius 2 is 1.60 bits per heavy atom. The van der Waals surface area contributed by atoms with Crippen molar-refractivity contribution in [1.82, 2.24) is 0 Å². The van der Waals surface area contributed by atoms with Crippen LogP contribution in [-0.4, -0.2) is 29.8 Å². The van der Waals surface area contributed by atoms with Crippen LogP contribution >= 0.6 is 0 Å². The summed E-state index contributed by atoms with van der Waals surface area (Å²) in [7, 11) is 0. The molecule has 2 N–H and O–H groups in total. The minimum absolute atomic E-state index is 0.131. The molecule has 0 aromatic rings. The molecule has 90 valence electrons. The van der Waals surface area contributed by atoms with Gasteiger partial charge >= 0.3 is 5.97 Å². The maximum atomic E-state index is 11.6. The highest BCUT2D eigenvalue weighted by Crippen LogP contribution is 2.14. The summed E-state index contributed by atoms with van der Waals surface area (Å²) >= 11 is 0. The van der Waals surface area contributed by atoms with Crippen molar-refractivity contribution in [2.24, 2.45) is 5.73 Å². The number of carbonyl (C=O) groups is 1. The van der Waals surface area contributed by atoms with Crippen LogP contribution in [0.3, 0.4) is 0 Å². The summed E-state index contributed by atoms with van der Waals surface area (Å²) in [4.78, 5) is 11.6. The minimum atomic E-state index is -0.691. The average Bonchev–Trinajstić information content (AvgIpc) is 1.94. The monoisotopic (exact) mass is 217 g/mol. The molecule has 15 heavy (non-hydrogen) atoms. The van der Waals surface area contributed by atoms with Gasteiger partial charge in [0.1, 0.15) is 5.60 Å². The molecule has 0 radical (unpaired) electrons. The summed E-state index contributed by atoms with van der Waals surface area (Å²) in [6, 6.07) is 0. The van der Waals surface area contributed by atoms with E-state index in [2.05, 4.69) is 0 Å². The zero-order valence-corrected chi connectivity index (χ0v) is 10.6. The van der Waals surface area contributed by atoms with E-state index >= 15 is 0 Å². The normalized spacial score (nSPS) is 14.9. The molecule has 0 saturated carbocycles. The van der Waals surface area contributed by atoms with Crippen molar-refractivity contribution >= 4 is 5.97 Å². The van der Waals surface area contributed by atoms with Gasteiger partial charge in [0.15, 0.2) is 6.10 Å². The minimum Gasteiger partial charge on any atom is -0.458 e. The van der Waals surface area contributed by atoms with Crippen molar-refractivity contribution < 1.29 is 14.3 Å². The molecule has 0 bridgehead atoms. The first kappa shape index (κ1) is 14.4. The second-order valence-electron chi connectivity index (χ2n) is 5.49. The van der Waals surface area contributed by atoms with Crippen LogP contribution in [-0.2, 0) is 14.3 Å². The van der Waals surface area contributed by atoms with Crippen molar-refractivity contribution in [3.05, 3.63) is 0 Å². The molecule has 0 aliphatic carbocycles. The summed E-state index contributed by atoms with van der Waals surface area (Å²) in [6.07, 6.45) is -0.691. The molecule has 4 nitrogen and oxygen atoms in total. The fraction of sp³-hybridized carbons (Fsp3) is 0.909. The Morgan fingerprint density at radius 1 is 1.13 bits per heavy atom. The molecule has 0 unspecified atom stereocenters. The molecule has 4 heteroatoms. The van der Waals surface area contributed by atoms with Gasteiger partial charge < -0.3 is 15.2 Å². The molecule has 0 aliphatic rings. The molecular formula is C11H23NO3. The summed E-state index contributed by atoms with van der Waals surface area (Å²) < 4.78 is 10.7. The van der Waals surface area contributed by atoms with Gasteiger partial charge in [0.2, 0.25) is 0 Å². The first-order valence-electron chi connectivity index (χ1n) is 5.16. The van der Waals surface area contributed by atoms with Crippen molar-refractivity contribution in [3.8, 4) is 0 Å². The maximum Gasteiger partial charge on any atom is 0.337 e. The molecule has 0 saturated heterocycles. The molecule has 0 aliphatic heterocycles. The molecule has 0 amide bonds. The SMILES string of the molecule is CC(C)(C)OC(=O)[C@H](CN)OC(C)(C)C. The summed E-state index contributed by atoms with van der Waals surface area (Å²) in [5, 5.41) is 0. The van der Waals surface area contributed by atoms with Gasteiger partial charge in [-0.05, 0) is 41.5 Å². The second-order valence-corrected chi connectivity index (χ2v) is 5.49. The van der Waals surface area contributed by atoms with Crippen LogP contribution in [0.4, 0.5) is 0 Å². The molecule has 0 spiro atoms. The topological polar surface area (TPSA) is 61.5 Å². The van der Waals surface area contributed by atoms with E-state index in [0.717, 1.165) is 0 Å². The van der Waals surface area contributed by atoms with Crippen LogP contribution in [0.15, 0.2) is 0 Å². The lowest BCUT2D eigenvalue weighted by atomic mass is 10.1. The quantitative estimate of drug-likeness (QED) is 0.727. The maximum absolute atomic E-state index is 11.6. The zero-order chi connectivity index (χ0) is 12.3. The number of nitrogens with two attached hydrogens (primary N) is 1. The largest absolute Gasteiger partial charge is 0.458 e. The number of esters is 1. The number of hydrogen-bond donors (Lipinski definition) is 1. The third kappa shape index (κ3) is 7.33. The highest BCUT2D eigenvalue weighted by atomic mass is 16.6. The second kappa shape index (κ2) is 4.94. The standard InChI is InChI=1S/C11H23NO3/c1-10(2,3)14-8(7-12)9(13)15-11(4,5)6/h8H,7,12H2,1-6H3/t8-/m0/s1. The Morgan fingerprint density at radius 3 is 1.87 bits per heavy atom. The van der Waals surface area contributed by atoms with Gasteiger partial charge in [0.25, 0.3) is 0 Å². The molecule has 0 aromatic carbocycles. The fourth-order valence-corrected chi connectivity index (χ4v) is 0.987. The van der Waals surface area contributed by atoms with E-state index < -0.39 is 23.3 Å². The third-order valence-electron chi connectivity index (χ3n) is 1.38. The van der Waals surface area contributed by atoms with Gasteiger partial charge in [-0.15, -0.1) is 0 Å². The number of hydrogen-bond acceptors (Lipinski definition) is 4. The van der Waals surface area contributed by atoms with Crippen molar-refractivity contribution in [3.63, 3.8) is 0 Å². The third-order valence-corrected chi connectivity index (χ3v) is 1.38. The van der Waals surface area contributed by atoms with Gasteiger partial charge in [0, 0.05) is 6.54 Å². The van der Waals surface area contributed by atoms with E-state index in [1.54, 1.807) is 0 Å². The average molecular weight is 217 g/mol. The molecule has 0 rings (SSSR count). The molecular weight excluding hydrogens is 194 g/mol. The van der Waals surface area contributed by atoms with Gasteiger partial charge in [-0.25, -0.2) is 4.79 Å². The van der Waals surface area contributed by atoms with Crippen molar-refractivity contribution in [2.45, 2.75) is 58.8 Å². The lowest BCUT2D eigenvalue weighted by molar-refractivity contribution is -0.176. The van der Waals surface area contributed by atoms with Crippen molar-refractivity contribution in [2.75, 3.05) is 6.54 Å². The van der Waals surface area contributed by atoms with Gasteiger partial charge in [-0.2, -0.15) is 0 Å². The van der Waals surface area contributed by atoms with Crippen LogP contribution in [0.5, 0.6) is 0 Å². The lowest BCUT2D eigenvalue weighted by Crippen LogP contribution is -2.42. The zero-order valence-electron chi connectivity index (χ0n) is 10.6. The van der Waals surface area contributed by atoms with Gasteiger partial charge in [0.05, 0.1) is 5.60 Å². The Hall–Kier alpha value is -0.610. The van der Waals surface area contributed by atoms with E-state index in [4.69, 9.17) is 15.2 Å². The van der Waals surface area contributed by atoms with Crippen LogP contribution in [0.25, 0.3) is 0 Å². The Kier molecular flexibility index (Phi) is 4.74. The highest BCUT2D eigenvalue weighted by molar-refractivity contribution is 5.75. The van der Waals surface area contributed by atoms with Gasteiger partial charge in [-0.1, -0.05) is 0 Å². The predicted molar refractivity (Wildman–Crippen MR) is 59.5 cm³/mol. The Labute approximate surface area is 92.1 Å². The number of rotatable bonds is 3. The van der Waals surface area contributed by atoms with E-state index in [1.807, 2.05) is 41.5 Å². The Bertz CT molecular complexity index is 213. The van der Waals surface area contributed by atoms with E-state index in [-0.39, 0.29) is 6.54 Å². The smallest absolute Gasteiger partial charge is 0.337 e. The first-order chi connectivity index (χ1) is 6.55. The summed E-state index contributed by atoms with van der Waals surface area (Å²) in [5.41, 5.74) is 4.56. The summed E-state index contributed by atoms with van der Waals surface area (Å²) in [6.45, 7) is 11.2. The molecule has 0 fully saturated rings. The van der Waals surface area contributed by atoms with Crippen molar-refractivity contribution in [1.29, 1.82) is 0 Å². The van der Waals surface area contributed by atoms with E-state index in [1.165, 1.54) is 0 Å². The number of carbonyl (C=O) groups excluding carboxylic acids is 1. The van der Waals surface area contributed by atoms with Crippen LogP contribution in [0.1, 0.15) is 41.5 Å². The predicted octanol–water partition coefficient (Wildman–Crippen LogP) is 1.47. The van der Waals surface area contributed by atoms with Crippen LogP contribution in [0, 0.1) is 0 Å². The number of ether oxygens (including phenoxy) is 2. The van der Waals surface area contributed by atoms with E-state index in [9.17, 15) is 4.79 Å². The first-order valence-corrected chi connectivity index (χ1v) is 5.16. The Balaban J connectivity index is 4.36. The fourth-order valence-electron chi connectivity index (χ4n) is 0.987.